The molecular formula is C28H28N3O3S+. The molecule has 6 nitrogen and oxygen atoms in total. The lowest BCUT2D eigenvalue weighted by Gasteiger charge is -2.10. The summed E-state index contributed by atoms with van der Waals surface area (Å²) in [4.78, 5) is 9.44. The van der Waals surface area contributed by atoms with Gasteiger partial charge in [-0.05, 0) is 61.7 Å². The maximum atomic E-state index is 11.8. The van der Waals surface area contributed by atoms with Crippen molar-refractivity contribution in [3.8, 4) is 11.3 Å². The van der Waals surface area contributed by atoms with Gasteiger partial charge in [0.15, 0.2) is 9.84 Å². The van der Waals surface area contributed by atoms with Crippen LogP contribution in [0.25, 0.3) is 16.8 Å². The minimum atomic E-state index is -3.26. The van der Waals surface area contributed by atoms with Crippen LogP contribution in [0, 0.1) is 12.3 Å². The maximum absolute atomic E-state index is 11.8. The SMILES string of the molecule is Cc1cccc(C(=[NH2+])/C(=C\CC2=CC23CCOC3)c2ccnc(-c3ccc(S(C)(=O)=O)cc3)c2)n1. The van der Waals surface area contributed by atoms with Gasteiger partial charge in [-0.25, -0.2) is 13.4 Å². The minimum Gasteiger partial charge on any atom is -0.380 e. The van der Waals surface area contributed by atoms with Crippen LogP contribution >= 0.6 is 0 Å². The van der Waals surface area contributed by atoms with E-state index in [2.05, 4.69) is 22.1 Å². The molecule has 2 aromatic heterocycles. The van der Waals surface area contributed by atoms with Crippen molar-refractivity contribution in [3.05, 3.63) is 95.5 Å². The Bertz CT molecular complexity index is 1470. The smallest absolute Gasteiger partial charge is 0.230 e. The number of hydrogen-bond acceptors (Lipinski definition) is 5. The summed E-state index contributed by atoms with van der Waals surface area (Å²) in [5, 5.41) is 6.70. The molecule has 2 aliphatic rings. The summed E-state index contributed by atoms with van der Waals surface area (Å²) >= 11 is 0. The lowest BCUT2D eigenvalue weighted by Crippen LogP contribution is -2.41. The fraction of sp³-hybridized carbons (Fsp3) is 0.250. The average Bonchev–Trinajstić information content (AvgIpc) is 3.30. The molecule has 1 spiro atoms. The molecule has 0 bridgehead atoms. The van der Waals surface area contributed by atoms with Gasteiger partial charge in [-0.3, -0.25) is 10.4 Å². The van der Waals surface area contributed by atoms with Crippen molar-refractivity contribution in [1.82, 2.24) is 9.97 Å². The number of rotatable bonds is 7. The number of pyridine rings is 2. The molecule has 1 aliphatic carbocycles. The third-order valence-corrected chi connectivity index (χ3v) is 7.82. The number of ether oxygens (including phenoxy) is 1. The molecule has 0 amide bonds. The van der Waals surface area contributed by atoms with Gasteiger partial charge in [-0.2, -0.15) is 0 Å². The molecule has 3 heterocycles. The van der Waals surface area contributed by atoms with Gasteiger partial charge in [-0.15, -0.1) is 0 Å². The fourth-order valence-electron chi connectivity index (χ4n) is 4.56. The Labute approximate surface area is 205 Å². The first kappa shape index (κ1) is 23.3. The number of nitrogens with two attached hydrogens (primary N) is 1. The first-order valence-electron chi connectivity index (χ1n) is 11.6. The van der Waals surface area contributed by atoms with Gasteiger partial charge >= 0.3 is 0 Å². The standard InChI is InChI=1S/C28H27N3O3S/c1-19-4-3-5-25(31-19)27(29)24(11-8-22-17-28(22)13-15-34-18-28)21-12-14-30-26(16-21)20-6-9-23(10-7-20)35(2,32)33/h3-7,9-12,14,16-17,29H,8,13,15,18H2,1-2H3/p+1/b24-11-,29-27?. The highest BCUT2D eigenvalue weighted by atomic mass is 32.2. The van der Waals surface area contributed by atoms with Crippen LogP contribution in [0.15, 0.2) is 83.4 Å². The molecule has 3 aromatic rings. The van der Waals surface area contributed by atoms with E-state index in [4.69, 9.17) is 10.1 Å². The quantitative estimate of drug-likeness (QED) is 0.409. The zero-order chi connectivity index (χ0) is 24.6. The van der Waals surface area contributed by atoms with Crippen LogP contribution in [0.3, 0.4) is 0 Å². The van der Waals surface area contributed by atoms with Gasteiger partial charge < -0.3 is 4.74 Å². The normalized spacial score (nSPS) is 19.6. The van der Waals surface area contributed by atoms with E-state index in [9.17, 15) is 8.42 Å². The molecule has 35 heavy (non-hydrogen) atoms. The number of allylic oxidation sites excluding steroid dienone is 2. The van der Waals surface area contributed by atoms with Crippen molar-refractivity contribution in [3.63, 3.8) is 0 Å². The Balaban J connectivity index is 1.49. The number of nitrogens with zero attached hydrogens (tertiary/aromatic N) is 2. The van der Waals surface area contributed by atoms with Crippen LogP contribution in [0.1, 0.15) is 29.8 Å². The average molecular weight is 487 g/mol. The minimum absolute atomic E-state index is 0.142. The Morgan fingerprint density at radius 1 is 1.17 bits per heavy atom. The monoisotopic (exact) mass is 486 g/mol. The van der Waals surface area contributed by atoms with Crippen LogP contribution in [0.2, 0.25) is 0 Å². The number of benzene rings is 1. The topological polar surface area (TPSA) is 94.7 Å². The van der Waals surface area contributed by atoms with Crippen LogP contribution < -0.4 is 5.41 Å². The molecule has 5 rings (SSSR count). The zero-order valence-corrected chi connectivity index (χ0v) is 20.7. The summed E-state index contributed by atoms with van der Waals surface area (Å²) in [6.07, 6.45) is 9.29. The highest BCUT2D eigenvalue weighted by Crippen LogP contribution is 2.52. The molecule has 2 N–H and O–H groups in total. The maximum Gasteiger partial charge on any atom is 0.230 e. The van der Waals surface area contributed by atoms with E-state index in [1.807, 2.05) is 37.3 Å². The van der Waals surface area contributed by atoms with Gasteiger partial charge in [0, 0.05) is 35.7 Å². The van der Waals surface area contributed by atoms with E-state index in [0.717, 1.165) is 59.8 Å². The van der Waals surface area contributed by atoms with E-state index < -0.39 is 9.84 Å². The van der Waals surface area contributed by atoms with E-state index in [1.165, 1.54) is 11.8 Å². The molecule has 0 saturated carbocycles. The second-order valence-electron chi connectivity index (χ2n) is 9.25. The Kier molecular flexibility index (Phi) is 5.99. The molecular weight excluding hydrogens is 458 g/mol. The molecule has 178 valence electrons. The third kappa shape index (κ3) is 4.88. The lowest BCUT2D eigenvalue weighted by atomic mass is 9.94. The molecule has 1 aromatic carbocycles. The van der Waals surface area contributed by atoms with E-state index in [0.29, 0.717) is 5.71 Å². The molecule has 1 fully saturated rings. The summed E-state index contributed by atoms with van der Waals surface area (Å²) < 4.78 is 29.3. The van der Waals surface area contributed by atoms with E-state index in [1.54, 1.807) is 30.5 Å². The molecule has 1 unspecified atom stereocenters. The highest BCUT2D eigenvalue weighted by molar-refractivity contribution is 7.90. The van der Waals surface area contributed by atoms with E-state index >= 15 is 0 Å². The first-order chi connectivity index (χ1) is 16.7. The van der Waals surface area contributed by atoms with Crippen molar-refractivity contribution in [2.45, 2.75) is 24.7 Å². The van der Waals surface area contributed by atoms with Crippen molar-refractivity contribution in [2.75, 3.05) is 19.5 Å². The lowest BCUT2D eigenvalue weighted by molar-refractivity contribution is -0.110. The van der Waals surface area contributed by atoms with E-state index in [-0.39, 0.29) is 10.3 Å². The van der Waals surface area contributed by atoms with Crippen molar-refractivity contribution >= 4 is 21.1 Å². The van der Waals surface area contributed by atoms with Gasteiger partial charge in [-0.1, -0.05) is 35.9 Å². The summed E-state index contributed by atoms with van der Waals surface area (Å²) in [6.45, 7) is 3.53. The van der Waals surface area contributed by atoms with Crippen LogP contribution in [0.4, 0.5) is 0 Å². The molecule has 7 heteroatoms. The summed E-state index contributed by atoms with van der Waals surface area (Å²) in [6, 6.07) is 16.5. The van der Waals surface area contributed by atoms with Gasteiger partial charge in [0.1, 0.15) is 5.69 Å². The predicted octanol–water partition coefficient (Wildman–Crippen LogP) is 3.22. The van der Waals surface area contributed by atoms with Crippen LogP contribution in [-0.2, 0) is 14.6 Å². The Morgan fingerprint density at radius 2 is 1.97 bits per heavy atom. The molecule has 1 aliphatic heterocycles. The van der Waals surface area contributed by atoms with Crippen LogP contribution in [-0.4, -0.2) is 43.6 Å². The predicted molar refractivity (Wildman–Crippen MR) is 136 cm³/mol. The van der Waals surface area contributed by atoms with Crippen LogP contribution in [0.5, 0.6) is 0 Å². The summed E-state index contributed by atoms with van der Waals surface area (Å²) in [5.41, 5.74) is 7.18. The Morgan fingerprint density at radius 3 is 2.66 bits per heavy atom. The zero-order valence-electron chi connectivity index (χ0n) is 19.9. The number of aromatic nitrogens is 2. The van der Waals surface area contributed by atoms with Crippen molar-refractivity contribution < 1.29 is 18.6 Å². The largest absolute Gasteiger partial charge is 0.380 e. The first-order valence-corrected chi connectivity index (χ1v) is 13.5. The number of aryl methyl sites for hydroxylation is 1. The molecule has 1 saturated heterocycles. The summed E-state index contributed by atoms with van der Waals surface area (Å²) in [7, 11) is -3.26. The van der Waals surface area contributed by atoms with Crippen molar-refractivity contribution in [2.24, 2.45) is 5.41 Å². The Hall–Kier alpha value is -3.42. The van der Waals surface area contributed by atoms with Crippen molar-refractivity contribution in [1.29, 1.82) is 0 Å². The van der Waals surface area contributed by atoms with Gasteiger partial charge in [0.25, 0.3) is 0 Å². The second kappa shape index (κ2) is 8.98. The fourth-order valence-corrected chi connectivity index (χ4v) is 5.19. The summed E-state index contributed by atoms with van der Waals surface area (Å²) in [5.74, 6) is 0. The second-order valence-corrected chi connectivity index (χ2v) is 11.3. The molecule has 1 atom stereocenters. The number of sulfone groups is 1. The molecule has 0 radical (unpaired) electrons. The van der Waals surface area contributed by atoms with Gasteiger partial charge in [0.05, 0.1) is 22.8 Å². The third-order valence-electron chi connectivity index (χ3n) is 6.69. The van der Waals surface area contributed by atoms with Gasteiger partial charge in [0.2, 0.25) is 5.71 Å². The number of hydrogen-bond donors (Lipinski definition) is 1. The highest BCUT2D eigenvalue weighted by Gasteiger charge is 2.46.